The van der Waals surface area contributed by atoms with Crippen LogP contribution in [0.5, 0.6) is 0 Å². The normalized spacial score (nSPS) is 12.5. The van der Waals surface area contributed by atoms with Crippen LogP contribution in [-0.2, 0) is 28.6 Å². The largest absolute Gasteiger partial charge is 0.462 e. The van der Waals surface area contributed by atoms with Crippen molar-refractivity contribution in [3.05, 3.63) is 60.8 Å². The zero-order valence-corrected chi connectivity index (χ0v) is 40.9. The number of unbranched alkanes of at least 4 members (excludes halogenated alkanes) is 27. The Morgan fingerprint density at radius 2 is 0.677 bits per heavy atom. The Labute approximate surface area is 383 Å². The Balaban J connectivity index is 4.41. The summed E-state index contributed by atoms with van der Waals surface area (Å²) in [7, 11) is 0. The third-order valence-corrected chi connectivity index (χ3v) is 11.3. The highest BCUT2D eigenvalue weighted by atomic mass is 16.6. The number of esters is 3. The number of ether oxygens (including phenoxy) is 3. The molecule has 0 aromatic rings. The monoisotopic (exact) mass is 867 g/mol. The maximum absolute atomic E-state index is 12.8. The molecule has 1 unspecified atom stereocenters. The van der Waals surface area contributed by atoms with Gasteiger partial charge in [-0.15, -0.1) is 0 Å². The van der Waals surface area contributed by atoms with Gasteiger partial charge in [-0.2, -0.15) is 0 Å². The topological polar surface area (TPSA) is 78.9 Å². The van der Waals surface area contributed by atoms with Crippen LogP contribution < -0.4 is 0 Å². The van der Waals surface area contributed by atoms with Crippen LogP contribution in [0.4, 0.5) is 0 Å². The zero-order chi connectivity index (χ0) is 45.1. The van der Waals surface area contributed by atoms with E-state index in [1.54, 1.807) is 0 Å². The van der Waals surface area contributed by atoms with Crippen molar-refractivity contribution in [1.82, 2.24) is 0 Å². The van der Waals surface area contributed by atoms with Crippen molar-refractivity contribution in [2.45, 2.75) is 264 Å². The van der Waals surface area contributed by atoms with Gasteiger partial charge >= 0.3 is 17.9 Å². The minimum Gasteiger partial charge on any atom is -0.462 e. The van der Waals surface area contributed by atoms with Crippen LogP contribution >= 0.6 is 0 Å². The van der Waals surface area contributed by atoms with E-state index >= 15 is 0 Å². The molecule has 0 spiro atoms. The molecule has 0 aromatic heterocycles. The second-order valence-corrected chi connectivity index (χ2v) is 17.4. The molecule has 0 saturated heterocycles. The van der Waals surface area contributed by atoms with Crippen LogP contribution in [0.25, 0.3) is 0 Å². The molecule has 0 fully saturated rings. The molecule has 0 radical (unpaired) electrons. The molecule has 0 heterocycles. The minimum absolute atomic E-state index is 0.0837. The Morgan fingerprint density at radius 3 is 1.11 bits per heavy atom. The van der Waals surface area contributed by atoms with E-state index in [2.05, 4.69) is 81.5 Å². The Kier molecular flexibility index (Phi) is 48.4. The zero-order valence-electron chi connectivity index (χ0n) is 40.9. The predicted molar refractivity (Wildman–Crippen MR) is 265 cm³/mol. The molecule has 0 rings (SSSR count). The van der Waals surface area contributed by atoms with Gasteiger partial charge < -0.3 is 14.2 Å². The number of carbonyl (C=O) groups excluding carboxylic acids is 3. The van der Waals surface area contributed by atoms with Crippen molar-refractivity contribution in [2.24, 2.45) is 0 Å². The van der Waals surface area contributed by atoms with Crippen molar-refractivity contribution in [3.63, 3.8) is 0 Å². The molecule has 0 N–H and O–H groups in total. The van der Waals surface area contributed by atoms with Crippen LogP contribution in [0.15, 0.2) is 60.8 Å². The van der Waals surface area contributed by atoms with Gasteiger partial charge in [-0.3, -0.25) is 14.4 Å². The lowest BCUT2D eigenvalue weighted by molar-refractivity contribution is -0.167. The first-order valence-electron chi connectivity index (χ1n) is 26.3. The van der Waals surface area contributed by atoms with Gasteiger partial charge in [0.05, 0.1) is 0 Å². The molecular formula is C56H98O6. The number of allylic oxidation sites excluding steroid dienone is 10. The second kappa shape index (κ2) is 50.8. The lowest BCUT2D eigenvalue weighted by atomic mass is 10.1. The quantitative estimate of drug-likeness (QED) is 0.0199. The summed E-state index contributed by atoms with van der Waals surface area (Å²) in [5, 5.41) is 0. The fourth-order valence-corrected chi connectivity index (χ4v) is 7.29. The van der Waals surface area contributed by atoms with Gasteiger partial charge in [0.25, 0.3) is 0 Å². The number of rotatable bonds is 47. The van der Waals surface area contributed by atoms with Gasteiger partial charge in [-0.1, -0.05) is 204 Å². The smallest absolute Gasteiger partial charge is 0.306 e. The summed E-state index contributed by atoms with van der Waals surface area (Å²) in [6, 6.07) is 0. The van der Waals surface area contributed by atoms with Gasteiger partial charge in [-0.05, 0) is 96.3 Å². The second-order valence-electron chi connectivity index (χ2n) is 17.4. The minimum atomic E-state index is -0.783. The number of carbonyl (C=O) groups is 3. The van der Waals surface area contributed by atoms with Crippen LogP contribution in [0, 0.1) is 0 Å². The molecule has 0 aliphatic carbocycles. The third kappa shape index (κ3) is 48.1. The van der Waals surface area contributed by atoms with Crippen molar-refractivity contribution in [1.29, 1.82) is 0 Å². The van der Waals surface area contributed by atoms with Gasteiger partial charge in [0.2, 0.25) is 0 Å². The molecule has 62 heavy (non-hydrogen) atoms. The number of hydrogen-bond donors (Lipinski definition) is 0. The van der Waals surface area contributed by atoms with Gasteiger partial charge in [0.15, 0.2) is 6.10 Å². The summed E-state index contributed by atoms with van der Waals surface area (Å²) in [6.45, 7) is 6.48. The van der Waals surface area contributed by atoms with E-state index in [9.17, 15) is 14.4 Å². The van der Waals surface area contributed by atoms with E-state index in [4.69, 9.17) is 14.2 Å². The Bertz CT molecular complexity index is 1130. The molecular weight excluding hydrogens is 769 g/mol. The molecule has 6 nitrogen and oxygen atoms in total. The maximum atomic E-state index is 12.8. The lowest BCUT2D eigenvalue weighted by Crippen LogP contribution is -2.30. The fourth-order valence-electron chi connectivity index (χ4n) is 7.29. The van der Waals surface area contributed by atoms with Crippen molar-refractivity contribution >= 4 is 17.9 Å². The Morgan fingerprint density at radius 1 is 0.355 bits per heavy atom. The molecule has 0 bridgehead atoms. The summed E-state index contributed by atoms with van der Waals surface area (Å²) in [5.41, 5.74) is 0. The first kappa shape index (κ1) is 59.1. The number of hydrogen-bond acceptors (Lipinski definition) is 6. The predicted octanol–water partition coefficient (Wildman–Crippen LogP) is 17.3. The summed E-state index contributed by atoms with van der Waals surface area (Å²) < 4.78 is 16.8. The summed E-state index contributed by atoms with van der Waals surface area (Å²) in [5.74, 6) is -0.903. The summed E-state index contributed by atoms with van der Waals surface area (Å²) in [4.78, 5) is 38.0. The van der Waals surface area contributed by atoms with Crippen LogP contribution in [0.3, 0.4) is 0 Å². The van der Waals surface area contributed by atoms with Gasteiger partial charge in [0, 0.05) is 19.3 Å². The summed E-state index contributed by atoms with van der Waals surface area (Å²) in [6.07, 6.45) is 62.0. The standard InChI is InChI=1S/C56H98O6/c1-4-7-10-13-16-19-22-25-28-31-34-37-40-43-46-49-55(58)61-52-53(51-60-54(57)48-45-42-39-36-33-30-27-24-21-18-15-12-9-6-3)62-56(59)50-47-44-41-38-35-32-29-26-23-20-17-14-11-8-5-2/h9,12,16,18-23,25,53H,4-8,10-11,13-15,17,24,26-52H2,1-3H3/b12-9-,19-16-,21-18-,23-20-,25-22-. The average molecular weight is 867 g/mol. The molecule has 0 aliphatic rings. The van der Waals surface area contributed by atoms with Crippen molar-refractivity contribution in [3.8, 4) is 0 Å². The van der Waals surface area contributed by atoms with Crippen LogP contribution in [-0.4, -0.2) is 37.2 Å². The maximum Gasteiger partial charge on any atom is 0.306 e. The summed E-state index contributed by atoms with van der Waals surface area (Å²) >= 11 is 0. The van der Waals surface area contributed by atoms with E-state index in [1.807, 2.05) is 0 Å². The lowest BCUT2D eigenvalue weighted by Gasteiger charge is -2.18. The molecule has 0 saturated carbocycles. The molecule has 358 valence electrons. The first-order valence-corrected chi connectivity index (χ1v) is 26.3. The van der Waals surface area contributed by atoms with E-state index in [0.717, 1.165) is 83.5 Å². The van der Waals surface area contributed by atoms with E-state index in [0.29, 0.717) is 19.3 Å². The Hall–Kier alpha value is -2.89. The highest BCUT2D eigenvalue weighted by Gasteiger charge is 2.19. The fraction of sp³-hybridized carbons (Fsp3) is 0.768. The third-order valence-electron chi connectivity index (χ3n) is 11.3. The van der Waals surface area contributed by atoms with Crippen LogP contribution in [0.2, 0.25) is 0 Å². The van der Waals surface area contributed by atoms with Crippen molar-refractivity contribution in [2.75, 3.05) is 13.2 Å². The van der Waals surface area contributed by atoms with Crippen LogP contribution in [0.1, 0.15) is 258 Å². The molecule has 1 atom stereocenters. The molecule has 0 amide bonds. The average Bonchev–Trinajstić information content (AvgIpc) is 3.27. The first-order chi connectivity index (χ1) is 30.5. The van der Waals surface area contributed by atoms with Gasteiger partial charge in [0.1, 0.15) is 13.2 Å². The van der Waals surface area contributed by atoms with Crippen molar-refractivity contribution < 1.29 is 28.6 Å². The van der Waals surface area contributed by atoms with E-state index < -0.39 is 6.10 Å². The highest BCUT2D eigenvalue weighted by Crippen LogP contribution is 2.15. The molecule has 0 aromatic carbocycles. The highest BCUT2D eigenvalue weighted by molar-refractivity contribution is 5.71. The molecule has 0 aliphatic heterocycles. The van der Waals surface area contributed by atoms with E-state index in [1.165, 1.54) is 135 Å². The van der Waals surface area contributed by atoms with E-state index in [-0.39, 0.29) is 31.1 Å². The van der Waals surface area contributed by atoms with Gasteiger partial charge in [-0.25, -0.2) is 0 Å². The SMILES string of the molecule is CC/C=C\C/C=C\CCCCCCCCCC(=O)OCC(COC(=O)CCCCCCCC/C=C\C=C/CCCCC)OC(=O)CCCCCCCCC/C=C\CCCCCC. The molecule has 6 heteroatoms.